The zero-order chi connectivity index (χ0) is 21.6. The Morgan fingerprint density at radius 2 is 1.69 bits per heavy atom. The van der Waals surface area contributed by atoms with Crippen molar-refractivity contribution in [2.24, 2.45) is 0 Å². The number of rotatable bonds is 12. The number of anilines is 1. The number of benzene rings is 1. The van der Waals surface area contributed by atoms with Crippen molar-refractivity contribution in [3.8, 4) is 5.75 Å². The smallest absolute Gasteiger partial charge is 0.305 e. The molecule has 0 atom stereocenters. The molecule has 0 unspecified atom stereocenters. The molecule has 0 bridgehead atoms. The van der Waals surface area contributed by atoms with Gasteiger partial charge in [-0.2, -0.15) is 0 Å². The van der Waals surface area contributed by atoms with Gasteiger partial charge in [-0.15, -0.1) is 0 Å². The predicted octanol–water partition coefficient (Wildman–Crippen LogP) is 1.33. The van der Waals surface area contributed by atoms with Crippen molar-refractivity contribution in [3.63, 3.8) is 0 Å². The van der Waals surface area contributed by atoms with Crippen molar-refractivity contribution in [2.45, 2.75) is 32.6 Å². The molecule has 0 radical (unpaired) electrons. The summed E-state index contributed by atoms with van der Waals surface area (Å²) < 4.78 is 9.59. The Bertz CT molecular complexity index is 690. The highest BCUT2D eigenvalue weighted by Gasteiger charge is 2.17. The molecule has 0 saturated heterocycles. The van der Waals surface area contributed by atoms with E-state index in [4.69, 9.17) is 4.74 Å². The molecule has 0 aliphatic heterocycles. The molecule has 2 N–H and O–H groups in total. The first-order chi connectivity index (χ1) is 13.9. The van der Waals surface area contributed by atoms with Gasteiger partial charge in [0.15, 0.2) is 0 Å². The first-order valence-electron chi connectivity index (χ1n) is 9.44. The van der Waals surface area contributed by atoms with E-state index in [0.29, 0.717) is 30.8 Å². The third-order valence-electron chi connectivity index (χ3n) is 4.00. The highest BCUT2D eigenvalue weighted by atomic mass is 16.5. The average Bonchev–Trinajstić information content (AvgIpc) is 2.72. The molecule has 0 aromatic heterocycles. The number of nitrogens with one attached hydrogen (secondary N) is 2. The molecule has 1 rings (SSSR count). The summed E-state index contributed by atoms with van der Waals surface area (Å²) in [6.07, 6.45) is 1.35. The molecular formula is C20H29N3O6. The molecule has 1 aromatic rings. The Balaban J connectivity index is 2.42. The van der Waals surface area contributed by atoms with E-state index in [1.807, 2.05) is 6.92 Å². The first kappa shape index (κ1) is 23.9. The molecule has 0 aliphatic carbocycles. The summed E-state index contributed by atoms with van der Waals surface area (Å²) >= 11 is 0. The third kappa shape index (κ3) is 9.59. The number of methoxy groups -OCH3 is 2. The fraction of sp³-hybridized carbons (Fsp3) is 0.500. The van der Waals surface area contributed by atoms with E-state index in [-0.39, 0.29) is 43.7 Å². The van der Waals surface area contributed by atoms with Gasteiger partial charge in [0.2, 0.25) is 17.7 Å². The van der Waals surface area contributed by atoms with E-state index in [1.54, 1.807) is 31.4 Å². The van der Waals surface area contributed by atoms with Crippen molar-refractivity contribution in [1.82, 2.24) is 10.2 Å². The van der Waals surface area contributed by atoms with Crippen molar-refractivity contribution in [1.29, 1.82) is 0 Å². The maximum Gasteiger partial charge on any atom is 0.305 e. The van der Waals surface area contributed by atoms with Gasteiger partial charge >= 0.3 is 5.97 Å². The Labute approximate surface area is 170 Å². The number of carbonyl (C=O) groups excluding carboxylic acids is 4. The summed E-state index contributed by atoms with van der Waals surface area (Å²) in [4.78, 5) is 48.9. The van der Waals surface area contributed by atoms with Crippen LogP contribution in [0.1, 0.15) is 32.6 Å². The zero-order valence-electron chi connectivity index (χ0n) is 17.2. The van der Waals surface area contributed by atoms with E-state index in [1.165, 1.54) is 12.0 Å². The van der Waals surface area contributed by atoms with Crippen LogP contribution in [0.5, 0.6) is 5.75 Å². The summed E-state index contributed by atoms with van der Waals surface area (Å²) in [6.45, 7) is 1.97. The maximum atomic E-state index is 12.3. The molecule has 1 aromatic carbocycles. The van der Waals surface area contributed by atoms with Gasteiger partial charge in [0.25, 0.3) is 0 Å². The largest absolute Gasteiger partial charge is 0.497 e. The van der Waals surface area contributed by atoms with Crippen molar-refractivity contribution >= 4 is 29.4 Å². The van der Waals surface area contributed by atoms with Crippen LogP contribution in [0.25, 0.3) is 0 Å². The molecule has 3 amide bonds. The summed E-state index contributed by atoms with van der Waals surface area (Å²) in [6, 6.07) is 6.80. The Morgan fingerprint density at radius 1 is 1.00 bits per heavy atom. The number of esters is 1. The van der Waals surface area contributed by atoms with Crippen molar-refractivity contribution < 1.29 is 28.7 Å². The molecule has 0 aliphatic rings. The van der Waals surface area contributed by atoms with Gasteiger partial charge in [0.05, 0.1) is 27.3 Å². The van der Waals surface area contributed by atoms with Crippen LogP contribution in [0, 0.1) is 0 Å². The van der Waals surface area contributed by atoms with E-state index in [0.717, 1.165) is 0 Å². The van der Waals surface area contributed by atoms with Crippen LogP contribution >= 0.6 is 0 Å². The Morgan fingerprint density at radius 3 is 2.28 bits per heavy atom. The molecule has 0 heterocycles. The standard InChI is InChI=1S/C20H29N3O6/c1-4-12-23(19(26)6-5-7-20(27)29-3)14-18(25)21-13-17(24)22-15-8-10-16(28-2)11-9-15/h8-11H,4-7,12-14H2,1-3H3,(H,21,25)(H,22,24). The van der Waals surface area contributed by atoms with E-state index in [9.17, 15) is 19.2 Å². The minimum atomic E-state index is -0.426. The average molecular weight is 407 g/mol. The van der Waals surface area contributed by atoms with Crippen molar-refractivity contribution in [2.75, 3.05) is 39.2 Å². The van der Waals surface area contributed by atoms with Crippen LogP contribution in [0.4, 0.5) is 5.69 Å². The molecule has 0 spiro atoms. The lowest BCUT2D eigenvalue weighted by Crippen LogP contribution is -2.43. The first-order valence-corrected chi connectivity index (χ1v) is 9.44. The Hall–Kier alpha value is -3.10. The van der Waals surface area contributed by atoms with Crippen LogP contribution in [0.3, 0.4) is 0 Å². The second kappa shape index (κ2) is 13.1. The summed E-state index contributed by atoms with van der Waals surface area (Å²) in [5.41, 5.74) is 0.582. The summed E-state index contributed by atoms with van der Waals surface area (Å²) in [7, 11) is 2.84. The van der Waals surface area contributed by atoms with Gasteiger partial charge in [-0.25, -0.2) is 0 Å². The SMILES string of the molecule is CCCN(CC(=O)NCC(=O)Nc1ccc(OC)cc1)C(=O)CCCC(=O)OC. The lowest BCUT2D eigenvalue weighted by atomic mass is 10.2. The lowest BCUT2D eigenvalue weighted by molar-refractivity contribution is -0.141. The van der Waals surface area contributed by atoms with Gasteiger partial charge in [-0.3, -0.25) is 19.2 Å². The van der Waals surface area contributed by atoms with Crippen LogP contribution < -0.4 is 15.4 Å². The van der Waals surface area contributed by atoms with Crippen LogP contribution in [0.15, 0.2) is 24.3 Å². The van der Waals surface area contributed by atoms with Crippen LogP contribution in [-0.4, -0.2) is 62.4 Å². The number of ether oxygens (including phenoxy) is 2. The fourth-order valence-electron chi connectivity index (χ4n) is 2.49. The maximum absolute atomic E-state index is 12.3. The third-order valence-corrected chi connectivity index (χ3v) is 4.00. The molecule has 29 heavy (non-hydrogen) atoms. The summed E-state index contributed by atoms with van der Waals surface area (Å²) in [5.74, 6) is -0.725. The number of nitrogens with zero attached hydrogens (tertiary/aromatic N) is 1. The normalized spacial score (nSPS) is 10.0. The minimum Gasteiger partial charge on any atom is -0.497 e. The molecule has 9 heteroatoms. The topological polar surface area (TPSA) is 114 Å². The van der Waals surface area contributed by atoms with Gasteiger partial charge in [0, 0.05) is 25.1 Å². The highest BCUT2D eigenvalue weighted by Crippen LogP contribution is 2.14. The highest BCUT2D eigenvalue weighted by molar-refractivity contribution is 5.95. The van der Waals surface area contributed by atoms with E-state index in [2.05, 4.69) is 15.4 Å². The molecule has 160 valence electrons. The quantitative estimate of drug-likeness (QED) is 0.505. The van der Waals surface area contributed by atoms with Gasteiger partial charge in [0.1, 0.15) is 5.75 Å². The lowest BCUT2D eigenvalue weighted by Gasteiger charge is -2.21. The monoisotopic (exact) mass is 407 g/mol. The van der Waals surface area contributed by atoms with E-state index >= 15 is 0 Å². The van der Waals surface area contributed by atoms with Crippen LogP contribution in [0.2, 0.25) is 0 Å². The fourth-order valence-corrected chi connectivity index (χ4v) is 2.49. The molecular weight excluding hydrogens is 378 g/mol. The number of hydrogen-bond donors (Lipinski definition) is 2. The zero-order valence-corrected chi connectivity index (χ0v) is 17.2. The number of carbonyl (C=O) groups is 4. The number of amides is 3. The van der Waals surface area contributed by atoms with E-state index < -0.39 is 5.91 Å². The molecule has 0 saturated carbocycles. The van der Waals surface area contributed by atoms with Gasteiger partial charge in [-0.1, -0.05) is 6.92 Å². The molecule has 9 nitrogen and oxygen atoms in total. The van der Waals surface area contributed by atoms with Gasteiger partial charge in [-0.05, 0) is 37.1 Å². The minimum absolute atomic E-state index is 0.138. The van der Waals surface area contributed by atoms with Crippen molar-refractivity contribution in [3.05, 3.63) is 24.3 Å². The Kier molecular flexibility index (Phi) is 10.8. The van der Waals surface area contributed by atoms with Gasteiger partial charge < -0.3 is 25.0 Å². The predicted molar refractivity (Wildman–Crippen MR) is 107 cm³/mol. The number of hydrogen-bond acceptors (Lipinski definition) is 6. The second-order valence-corrected chi connectivity index (χ2v) is 6.30. The second-order valence-electron chi connectivity index (χ2n) is 6.30. The summed E-state index contributed by atoms with van der Waals surface area (Å²) in [5, 5.41) is 5.17. The molecule has 0 fully saturated rings. The van der Waals surface area contributed by atoms with Crippen LogP contribution in [-0.2, 0) is 23.9 Å².